The lowest BCUT2D eigenvalue weighted by atomic mass is 9.98. The Morgan fingerprint density at radius 3 is 2.56 bits per heavy atom. The molecule has 0 fully saturated rings. The number of hydrogen-bond acceptors (Lipinski definition) is 2. The molecule has 1 atom stereocenters. The number of carbonyl (C=O) groups is 1. The van der Waals surface area contributed by atoms with Crippen LogP contribution in [0.4, 0.5) is 0 Å². The van der Waals surface area contributed by atoms with Gasteiger partial charge in [-0.2, -0.15) is 0 Å². The first-order chi connectivity index (χ1) is 8.70. The molecule has 1 amide bonds. The SMILES string of the molecule is CC(=O)NCCCNCCC(C)c1ccccc1. The Kier molecular flexibility index (Phi) is 7.11. The molecule has 0 heterocycles. The van der Waals surface area contributed by atoms with Crippen molar-refractivity contribution in [2.75, 3.05) is 19.6 Å². The standard InChI is InChI=1S/C15H24N2O/c1-13(15-7-4-3-5-8-15)9-12-16-10-6-11-17-14(2)18/h3-5,7-8,13,16H,6,9-12H2,1-2H3,(H,17,18). The summed E-state index contributed by atoms with van der Waals surface area (Å²) in [4.78, 5) is 10.6. The average Bonchev–Trinajstić information content (AvgIpc) is 2.38. The third-order valence-corrected chi connectivity index (χ3v) is 3.03. The van der Waals surface area contributed by atoms with Gasteiger partial charge < -0.3 is 10.6 Å². The lowest BCUT2D eigenvalue weighted by molar-refractivity contribution is -0.118. The molecule has 18 heavy (non-hydrogen) atoms. The summed E-state index contributed by atoms with van der Waals surface area (Å²) in [7, 11) is 0. The maximum absolute atomic E-state index is 10.6. The molecule has 2 N–H and O–H groups in total. The second kappa shape index (κ2) is 8.70. The van der Waals surface area contributed by atoms with Crippen LogP contribution in [0.5, 0.6) is 0 Å². The van der Waals surface area contributed by atoms with Crippen molar-refractivity contribution in [3.8, 4) is 0 Å². The Bertz CT molecular complexity index is 338. The number of hydrogen-bond donors (Lipinski definition) is 2. The molecule has 0 saturated carbocycles. The number of amides is 1. The van der Waals surface area contributed by atoms with Crippen LogP contribution in [0.2, 0.25) is 0 Å². The lowest BCUT2D eigenvalue weighted by Gasteiger charge is -2.12. The number of nitrogens with one attached hydrogen (secondary N) is 2. The van der Waals surface area contributed by atoms with Gasteiger partial charge in [0.1, 0.15) is 0 Å². The van der Waals surface area contributed by atoms with E-state index in [2.05, 4.69) is 47.9 Å². The smallest absolute Gasteiger partial charge is 0.216 e. The predicted octanol–water partition coefficient (Wildman–Crippen LogP) is 2.30. The van der Waals surface area contributed by atoms with E-state index in [1.165, 1.54) is 5.56 Å². The molecule has 0 aliphatic heterocycles. The molecular formula is C15H24N2O. The zero-order valence-corrected chi connectivity index (χ0v) is 11.4. The van der Waals surface area contributed by atoms with Crippen molar-refractivity contribution < 1.29 is 4.79 Å². The summed E-state index contributed by atoms with van der Waals surface area (Å²) >= 11 is 0. The fourth-order valence-corrected chi connectivity index (χ4v) is 1.87. The summed E-state index contributed by atoms with van der Waals surface area (Å²) in [5.41, 5.74) is 1.40. The van der Waals surface area contributed by atoms with Crippen LogP contribution in [-0.4, -0.2) is 25.5 Å². The van der Waals surface area contributed by atoms with Gasteiger partial charge in [0.15, 0.2) is 0 Å². The first-order valence-electron chi connectivity index (χ1n) is 6.70. The zero-order valence-electron chi connectivity index (χ0n) is 11.4. The van der Waals surface area contributed by atoms with Crippen molar-refractivity contribution in [1.82, 2.24) is 10.6 Å². The second-order valence-corrected chi connectivity index (χ2v) is 4.69. The minimum atomic E-state index is 0.0488. The van der Waals surface area contributed by atoms with Gasteiger partial charge in [-0.3, -0.25) is 4.79 Å². The summed E-state index contributed by atoms with van der Waals surface area (Å²) in [5.74, 6) is 0.641. The van der Waals surface area contributed by atoms with Crippen LogP contribution in [0.3, 0.4) is 0 Å². The van der Waals surface area contributed by atoms with Gasteiger partial charge in [0, 0.05) is 13.5 Å². The van der Waals surface area contributed by atoms with E-state index in [4.69, 9.17) is 0 Å². The quantitative estimate of drug-likeness (QED) is 0.693. The normalized spacial score (nSPS) is 12.1. The fourth-order valence-electron chi connectivity index (χ4n) is 1.87. The van der Waals surface area contributed by atoms with Crippen molar-refractivity contribution >= 4 is 5.91 Å². The van der Waals surface area contributed by atoms with Crippen LogP contribution in [0, 0.1) is 0 Å². The highest BCUT2D eigenvalue weighted by Crippen LogP contribution is 2.17. The Balaban J connectivity index is 2.03. The van der Waals surface area contributed by atoms with E-state index in [0.717, 1.165) is 32.5 Å². The molecule has 0 bridgehead atoms. The molecule has 0 aliphatic rings. The molecule has 3 heteroatoms. The topological polar surface area (TPSA) is 41.1 Å². The molecule has 0 aliphatic carbocycles. The largest absolute Gasteiger partial charge is 0.356 e. The highest BCUT2D eigenvalue weighted by molar-refractivity contribution is 5.72. The highest BCUT2D eigenvalue weighted by atomic mass is 16.1. The Labute approximate surface area is 110 Å². The van der Waals surface area contributed by atoms with E-state index in [1.54, 1.807) is 6.92 Å². The van der Waals surface area contributed by atoms with Crippen LogP contribution >= 0.6 is 0 Å². The minimum Gasteiger partial charge on any atom is -0.356 e. The molecule has 0 radical (unpaired) electrons. The van der Waals surface area contributed by atoms with Gasteiger partial charge in [0.25, 0.3) is 0 Å². The lowest BCUT2D eigenvalue weighted by Crippen LogP contribution is -2.25. The van der Waals surface area contributed by atoms with Gasteiger partial charge in [0.05, 0.1) is 0 Å². The highest BCUT2D eigenvalue weighted by Gasteiger charge is 2.03. The van der Waals surface area contributed by atoms with Crippen molar-refractivity contribution in [1.29, 1.82) is 0 Å². The van der Waals surface area contributed by atoms with Crippen LogP contribution in [0.25, 0.3) is 0 Å². The van der Waals surface area contributed by atoms with Crippen molar-refractivity contribution in [3.63, 3.8) is 0 Å². The Morgan fingerprint density at radius 2 is 1.89 bits per heavy atom. The molecule has 0 aromatic heterocycles. The van der Waals surface area contributed by atoms with E-state index < -0.39 is 0 Å². The molecule has 0 spiro atoms. The monoisotopic (exact) mass is 248 g/mol. The van der Waals surface area contributed by atoms with Crippen molar-refractivity contribution in [2.24, 2.45) is 0 Å². The summed E-state index contributed by atoms with van der Waals surface area (Å²) in [6.45, 7) is 6.55. The minimum absolute atomic E-state index is 0.0488. The maximum atomic E-state index is 10.6. The molecule has 3 nitrogen and oxygen atoms in total. The van der Waals surface area contributed by atoms with Crippen molar-refractivity contribution in [3.05, 3.63) is 35.9 Å². The summed E-state index contributed by atoms with van der Waals surface area (Å²) in [6, 6.07) is 10.6. The summed E-state index contributed by atoms with van der Waals surface area (Å²) in [6.07, 6.45) is 2.13. The third kappa shape index (κ3) is 6.40. The number of benzene rings is 1. The molecule has 100 valence electrons. The summed E-state index contributed by atoms with van der Waals surface area (Å²) in [5, 5.41) is 6.20. The maximum Gasteiger partial charge on any atom is 0.216 e. The summed E-state index contributed by atoms with van der Waals surface area (Å²) < 4.78 is 0. The van der Waals surface area contributed by atoms with Gasteiger partial charge in [0.2, 0.25) is 5.91 Å². The Hall–Kier alpha value is -1.35. The second-order valence-electron chi connectivity index (χ2n) is 4.69. The molecule has 1 aromatic rings. The van der Waals surface area contributed by atoms with Crippen LogP contribution in [-0.2, 0) is 4.79 Å². The Morgan fingerprint density at radius 1 is 1.17 bits per heavy atom. The number of rotatable bonds is 8. The van der Waals surface area contributed by atoms with E-state index in [-0.39, 0.29) is 5.91 Å². The average molecular weight is 248 g/mol. The van der Waals surface area contributed by atoms with E-state index in [0.29, 0.717) is 5.92 Å². The molecular weight excluding hydrogens is 224 g/mol. The molecule has 1 rings (SSSR count). The van der Waals surface area contributed by atoms with Crippen LogP contribution in [0.1, 0.15) is 38.2 Å². The predicted molar refractivity (Wildman–Crippen MR) is 75.6 cm³/mol. The molecule has 1 aromatic carbocycles. The van der Waals surface area contributed by atoms with Crippen LogP contribution in [0.15, 0.2) is 30.3 Å². The van der Waals surface area contributed by atoms with Crippen molar-refractivity contribution in [2.45, 2.75) is 32.6 Å². The van der Waals surface area contributed by atoms with Gasteiger partial charge in [-0.05, 0) is 37.4 Å². The third-order valence-electron chi connectivity index (χ3n) is 3.03. The first kappa shape index (κ1) is 14.7. The number of carbonyl (C=O) groups excluding carboxylic acids is 1. The zero-order chi connectivity index (χ0) is 13.2. The van der Waals surface area contributed by atoms with E-state index >= 15 is 0 Å². The van der Waals surface area contributed by atoms with Gasteiger partial charge in [-0.15, -0.1) is 0 Å². The van der Waals surface area contributed by atoms with Gasteiger partial charge in [-0.1, -0.05) is 37.3 Å². The van der Waals surface area contributed by atoms with Crippen LogP contribution < -0.4 is 10.6 Å². The molecule has 0 saturated heterocycles. The van der Waals surface area contributed by atoms with E-state index in [9.17, 15) is 4.79 Å². The van der Waals surface area contributed by atoms with Gasteiger partial charge >= 0.3 is 0 Å². The first-order valence-corrected chi connectivity index (χ1v) is 6.70. The van der Waals surface area contributed by atoms with E-state index in [1.807, 2.05) is 0 Å². The fraction of sp³-hybridized carbons (Fsp3) is 0.533. The molecule has 1 unspecified atom stereocenters. The van der Waals surface area contributed by atoms with Gasteiger partial charge in [-0.25, -0.2) is 0 Å².